The van der Waals surface area contributed by atoms with E-state index in [9.17, 15) is 0 Å². The predicted octanol–water partition coefficient (Wildman–Crippen LogP) is 3.34. The predicted molar refractivity (Wildman–Crippen MR) is 91.2 cm³/mol. The van der Waals surface area contributed by atoms with E-state index in [4.69, 9.17) is 4.98 Å². The topological polar surface area (TPSA) is 34.0 Å². The molecule has 0 aromatic carbocycles. The zero-order valence-electron chi connectivity index (χ0n) is 14.3. The summed E-state index contributed by atoms with van der Waals surface area (Å²) in [5.41, 5.74) is 5.34. The lowest BCUT2D eigenvalue weighted by atomic mass is 10.0. The molecule has 2 aromatic rings. The third-order valence-corrected chi connectivity index (χ3v) is 5.56. The van der Waals surface area contributed by atoms with Gasteiger partial charge in [0, 0.05) is 31.2 Å². The summed E-state index contributed by atoms with van der Waals surface area (Å²) in [5.74, 6) is 1.29. The monoisotopic (exact) mass is 310 g/mol. The van der Waals surface area contributed by atoms with Gasteiger partial charge in [-0.3, -0.25) is 9.88 Å². The number of nitrogens with zero attached hydrogens (tertiary/aromatic N) is 4. The summed E-state index contributed by atoms with van der Waals surface area (Å²) in [7, 11) is 2.22. The van der Waals surface area contributed by atoms with E-state index < -0.39 is 0 Å². The van der Waals surface area contributed by atoms with Gasteiger partial charge in [-0.2, -0.15) is 0 Å². The lowest BCUT2D eigenvalue weighted by Crippen LogP contribution is -2.25. The molecule has 23 heavy (non-hydrogen) atoms. The maximum absolute atomic E-state index is 5.05. The Kier molecular flexibility index (Phi) is 3.93. The first kappa shape index (κ1) is 14.9. The number of fused-ring (bicyclic) bond motifs is 1. The van der Waals surface area contributed by atoms with Crippen molar-refractivity contribution >= 4 is 0 Å². The average Bonchev–Trinajstić information content (AvgIpc) is 3.14. The molecule has 4 heteroatoms. The number of pyridine rings is 1. The molecule has 0 bridgehead atoms. The van der Waals surface area contributed by atoms with E-state index in [2.05, 4.69) is 34.5 Å². The largest absolute Gasteiger partial charge is 0.334 e. The van der Waals surface area contributed by atoms with Gasteiger partial charge < -0.3 is 4.57 Å². The summed E-state index contributed by atoms with van der Waals surface area (Å²) < 4.78 is 2.40. The molecule has 1 atom stereocenters. The van der Waals surface area contributed by atoms with Crippen molar-refractivity contribution in [2.24, 2.45) is 7.05 Å². The van der Waals surface area contributed by atoms with Crippen LogP contribution < -0.4 is 0 Å². The van der Waals surface area contributed by atoms with Crippen LogP contribution in [0.25, 0.3) is 0 Å². The Labute approximate surface area is 138 Å². The molecule has 2 aromatic heterocycles. The molecule has 4 nitrogen and oxygen atoms in total. The fourth-order valence-electron chi connectivity index (χ4n) is 4.22. The van der Waals surface area contributed by atoms with Crippen LogP contribution in [-0.2, 0) is 26.4 Å². The zero-order valence-corrected chi connectivity index (χ0v) is 14.3. The maximum Gasteiger partial charge on any atom is 0.126 e. The number of hydrogen-bond acceptors (Lipinski definition) is 3. The van der Waals surface area contributed by atoms with Gasteiger partial charge in [-0.1, -0.05) is 6.07 Å². The van der Waals surface area contributed by atoms with Gasteiger partial charge in [-0.05, 0) is 63.6 Å². The molecule has 0 amide bonds. The summed E-state index contributed by atoms with van der Waals surface area (Å²) in [6, 6.07) is 4.72. The van der Waals surface area contributed by atoms with Gasteiger partial charge in [0.1, 0.15) is 5.82 Å². The van der Waals surface area contributed by atoms with Crippen molar-refractivity contribution in [2.75, 3.05) is 6.54 Å². The van der Waals surface area contributed by atoms with Crippen LogP contribution in [0.3, 0.4) is 0 Å². The second kappa shape index (κ2) is 6.08. The molecule has 0 radical (unpaired) electrons. The van der Waals surface area contributed by atoms with E-state index in [1.807, 2.05) is 12.3 Å². The first-order valence-electron chi connectivity index (χ1n) is 8.93. The molecule has 122 valence electrons. The molecule has 0 unspecified atom stereocenters. The Morgan fingerprint density at radius 3 is 2.91 bits per heavy atom. The molecule has 3 heterocycles. The fraction of sp³-hybridized carbons (Fsp3) is 0.579. The Morgan fingerprint density at radius 1 is 1.22 bits per heavy atom. The van der Waals surface area contributed by atoms with Crippen LogP contribution in [0.4, 0.5) is 0 Å². The van der Waals surface area contributed by atoms with Gasteiger partial charge in [-0.25, -0.2) is 4.98 Å². The van der Waals surface area contributed by atoms with Gasteiger partial charge in [0.15, 0.2) is 0 Å². The molecule has 0 N–H and O–H groups in total. The number of aromatic nitrogens is 3. The number of likely N-dealkylation sites (tertiary alicyclic amines) is 1. The minimum absolute atomic E-state index is 0.463. The van der Waals surface area contributed by atoms with Crippen molar-refractivity contribution in [1.82, 2.24) is 19.4 Å². The van der Waals surface area contributed by atoms with Crippen molar-refractivity contribution in [3.05, 3.63) is 46.8 Å². The van der Waals surface area contributed by atoms with Gasteiger partial charge in [0.25, 0.3) is 0 Å². The molecule has 1 aliphatic carbocycles. The number of imidazole rings is 1. The lowest BCUT2D eigenvalue weighted by Gasteiger charge is -2.25. The maximum atomic E-state index is 5.05. The summed E-state index contributed by atoms with van der Waals surface area (Å²) in [5, 5.41) is 0. The van der Waals surface area contributed by atoms with E-state index in [0.29, 0.717) is 6.04 Å². The highest BCUT2D eigenvalue weighted by molar-refractivity contribution is 5.23. The molecular weight excluding hydrogens is 284 g/mol. The third-order valence-electron chi connectivity index (χ3n) is 5.56. The fourth-order valence-corrected chi connectivity index (χ4v) is 4.22. The lowest BCUT2D eigenvalue weighted by molar-refractivity contribution is 0.235. The van der Waals surface area contributed by atoms with E-state index >= 15 is 0 Å². The highest BCUT2D eigenvalue weighted by atomic mass is 15.2. The first-order chi connectivity index (χ1) is 11.2. The molecular formula is C19H26N4. The van der Waals surface area contributed by atoms with E-state index in [1.54, 1.807) is 0 Å². The molecule has 4 rings (SSSR count). The second-order valence-electron chi connectivity index (χ2n) is 7.01. The number of rotatable bonds is 3. The van der Waals surface area contributed by atoms with E-state index in [0.717, 1.165) is 25.2 Å². The van der Waals surface area contributed by atoms with Crippen molar-refractivity contribution < 1.29 is 0 Å². The van der Waals surface area contributed by atoms with Gasteiger partial charge in [0.2, 0.25) is 0 Å². The smallest absolute Gasteiger partial charge is 0.126 e. The van der Waals surface area contributed by atoms with Crippen LogP contribution in [0.1, 0.15) is 60.2 Å². The normalized spacial score (nSPS) is 21.6. The van der Waals surface area contributed by atoms with Crippen LogP contribution >= 0.6 is 0 Å². The SMILES string of the molecule is Cc1ncccc1CN1CCC[C@H]1c1nc2c(n1C)CCCC2. The van der Waals surface area contributed by atoms with Crippen LogP contribution in [-0.4, -0.2) is 26.0 Å². The summed E-state index contributed by atoms with van der Waals surface area (Å²) in [6.07, 6.45) is 9.35. The Morgan fingerprint density at radius 2 is 2.09 bits per heavy atom. The minimum Gasteiger partial charge on any atom is -0.334 e. The Hall–Kier alpha value is -1.68. The van der Waals surface area contributed by atoms with E-state index in [1.165, 1.54) is 54.9 Å². The van der Waals surface area contributed by atoms with Crippen LogP contribution in [0.15, 0.2) is 18.3 Å². The Balaban J connectivity index is 1.61. The summed E-state index contributed by atoms with van der Waals surface area (Å²) >= 11 is 0. The highest BCUT2D eigenvalue weighted by Gasteiger charge is 2.31. The molecule has 1 fully saturated rings. The zero-order chi connectivity index (χ0) is 15.8. The van der Waals surface area contributed by atoms with Crippen molar-refractivity contribution in [2.45, 2.75) is 58.0 Å². The van der Waals surface area contributed by atoms with Crippen LogP contribution in [0.2, 0.25) is 0 Å². The third kappa shape index (κ3) is 2.69. The molecule has 1 aliphatic heterocycles. The summed E-state index contributed by atoms with van der Waals surface area (Å²) in [6.45, 7) is 4.26. The van der Waals surface area contributed by atoms with Crippen molar-refractivity contribution in [1.29, 1.82) is 0 Å². The number of hydrogen-bond donors (Lipinski definition) is 0. The van der Waals surface area contributed by atoms with Crippen LogP contribution in [0, 0.1) is 6.92 Å². The second-order valence-corrected chi connectivity index (χ2v) is 7.01. The van der Waals surface area contributed by atoms with Crippen LogP contribution in [0.5, 0.6) is 0 Å². The van der Waals surface area contributed by atoms with Gasteiger partial charge >= 0.3 is 0 Å². The van der Waals surface area contributed by atoms with Crippen molar-refractivity contribution in [3.63, 3.8) is 0 Å². The first-order valence-corrected chi connectivity index (χ1v) is 8.93. The molecule has 2 aliphatic rings. The highest BCUT2D eigenvalue weighted by Crippen LogP contribution is 2.34. The Bertz CT molecular complexity index is 703. The van der Waals surface area contributed by atoms with E-state index in [-0.39, 0.29) is 0 Å². The molecule has 0 spiro atoms. The van der Waals surface area contributed by atoms with Crippen molar-refractivity contribution in [3.8, 4) is 0 Å². The molecule has 1 saturated heterocycles. The van der Waals surface area contributed by atoms with Gasteiger partial charge in [-0.15, -0.1) is 0 Å². The quantitative estimate of drug-likeness (QED) is 0.872. The summed E-state index contributed by atoms with van der Waals surface area (Å²) in [4.78, 5) is 12.1. The average molecular weight is 310 g/mol. The number of aryl methyl sites for hydroxylation is 2. The molecule has 0 saturated carbocycles. The standard InChI is InChI=1S/C19H26N4/c1-14-15(7-5-11-20-14)13-23-12-6-10-18(23)19-21-16-8-3-4-9-17(16)22(19)2/h5,7,11,18H,3-4,6,8-10,12-13H2,1-2H3/t18-/m0/s1. The van der Waals surface area contributed by atoms with Gasteiger partial charge in [0.05, 0.1) is 11.7 Å². The minimum atomic E-state index is 0.463.